The first kappa shape index (κ1) is 14.7. The fourth-order valence-electron chi connectivity index (χ4n) is 4.01. The maximum atomic E-state index is 12.6. The van der Waals surface area contributed by atoms with Crippen molar-refractivity contribution in [1.29, 1.82) is 0 Å². The molecule has 2 aliphatic heterocycles. The molecule has 0 bridgehead atoms. The third-order valence-electron chi connectivity index (χ3n) is 5.01. The van der Waals surface area contributed by atoms with Gasteiger partial charge in [0.15, 0.2) is 5.66 Å². The minimum atomic E-state index is -0.728. The molecule has 3 rings (SSSR count). The molecule has 4 amide bonds. The number of amides is 4. The Morgan fingerprint density at radius 3 is 1.77 bits per heavy atom. The van der Waals surface area contributed by atoms with Gasteiger partial charge in [0.05, 0.1) is 0 Å². The molecule has 0 aliphatic carbocycles. The molecule has 118 valence electrons. The lowest BCUT2D eigenvalue weighted by Crippen LogP contribution is -2.75. The van der Waals surface area contributed by atoms with Gasteiger partial charge in [-0.25, -0.2) is 9.59 Å². The van der Waals surface area contributed by atoms with Crippen LogP contribution in [0.1, 0.15) is 5.56 Å². The summed E-state index contributed by atoms with van der Waals surface area (Å²) in [4.78, 5) is 32.1. The van der Waals surface area contributed by atoms with Crippen LogP contribution in [-0.4, -0.2) is 72.9 Å². The molecule has 2 heterocycles. The number of rotatable bonds is 1. The van der Waals surface area contributed by atoms with E-state index < -0.39 is 5.66 Å². The Labute approximate surface area is 130 Å². The molecule has 0 N–H and O–H groups in total. The van der Waals surface area contributed by atoms with E-state index in [9.17, 15) is 9.59 Å². The SMILES string of the molecule is CN1CC2CN(C)C(=O)N(C)C2(c2ccccc2)N(C)C1=O. The second-order valence-corrected chi connectivity index (χ2v) is 6.23. The van der Waals surface area contributed by atoms with E-state index in [0.717, 1.165) is 5.56 Å². The zero-order chi connectivity index (χ0) is 16.1. The molecule has 2 saturated heterocycles. The zero-order valence-corrected chi connectivity index (χ0v) is 13.5. The first-order valence-electron chi connectivity index (χ1n) is 7.44. The van der Waals surface area contributed by atoms with Crippen molar-refractivity contribution in [3.63, 3.8) is 0 Å². The largest absolute Gasteiger partial charge is 0.327 e. The lowest BCUT2D eigenvalue weighted by molar-refractivity contribution is -0.101. The summed E-state index contributed by atoms with van der Waals surface area (Å²) >= 11 is 0. The summed E-state index contributed by atoms with van der Waals surface area (Å²) in [6, 6.07) is 9.72. The fraction of sp³-hybridized carbons (Fsp3) is 0.500. The van der Waals surface area contributed by atoms with Crippen LogP contribution in [0.25, 0.3) is 0 Å². The van der Waals surface area contributed by atoms with Crippen molar-refractivity contribution in [2.45, 2.75) is 5.66 Å². The van der Waals surface area contributed by atoms with Crippen molar-refractivity contribution < 1.29 is 9.59 Å². The van der Waals surface area contributed by atoms with E-state index >= 15 is 0 Å². The highest BCUT2D eigenvalue weighted by Gasteiger charge is 2.58. The van der Waals surface area contributed by atoms with Crippen molar-refractivity contribution in [3.8, 4) is 0 Å². The molecule has 6 nitrogen and oxygen atoms in total. The molecule has 22 heavy (non-hydrogen) atoms. The Balaban J connectivity index is 2.21. The lowest BCUT2D eigenvalue weighted by atomic mass is 9.79. The van der Waals surface area contributed by atoms with Crippen molar-refractivity contribution in [2.75, 3.05) is 41.3 Å². The van der Waals surface area contributed by atoms with Gasteiger partial charge in [-0.2, -0.15) is 0 Å². The fourth-order valence-corrected chi connectivity index (χ4v) is 4.01. The number of nitrogens with zero attached hydrogens (tertiary/aromatic N) is 4. The van der Waals surface area contributed by atoms with Gasteiger partial charge in [-0.1, -0.05) is 30.3 Å². The number of hydrogen-bond donors (Lipinski definition) is 0. The quantitative estimate of drug-likeness (QED) is 0.788. The first-order chi connectivity index (χ1) is 10.4. The van der Waals surface area contributed by atoms with Gasteiger partial charge in [0, 0.05) is 47.2 Å². The van der Waals surface area contributed by atoms with Gasteiger partial charge in [-0.15, -0.1) is 0 Å². The molecular formula is C16H22N4O2. The molecule has 0 unspecified atom stereocenters. The second-order valence-electron chi connectivity index (χ2n) is 6.23. The number of benzene rings is 1. The monoisotopic (exact) mass is 302 g/mol. The number of hydrogen-bond acceptors (Lipinski definition) is 2. The Kier molecular flexibility index (Phi) is 3.27. The third-order valence-corrected chi connectivity index (χ3v) is 5.01. The van der Waals surface area contributed by atoms with Crippen molar-refractivity contribution >= 4 is 12.1 Å². The summed E-state index contributed by atoms with van der Waals surface area (Å²) in [5.41, 5.74) is 0.252. The Hall–Kier alpha value is -2.24. The Bertz CT molecular complexity index is 573. The highest BCUT2D eigenvalue weighted by molar-refractivity contribution is 5.81. The van der Waals surface area contributed by atoms with Gasteiger partial charge in [-0.05, 0) is 5.56 Å². The predicted molar refractivity (Wildman–Crippen MR) is 83.2 cm³/mol. The van der Waals surface area contributed by atoms with Crippen LogP contribution in [-0.2, 0) is 5.66 Å². The summed E-state index contributed by atoms with van der Waals surface area (Å²) < 4.78 is 0. The Morgan fingerprint density at radius 1 is 0.864 bits per heavy atom. The maximum Gasteiger partial charge on any atom is 0.321 e. The maximum absolute atomic E-state index is 12.6. The van der Waals surface area contributed by atoms with Gasteiger partial charge in [0.2, 0.25) is 0 Å². The van der Waals surface area contributed by atoms with Gasteiger partial charge >= 0.3 is 12.1 Å². The first-order valence-corrected chi connectivity index (χ1v) is 7.44. The normalized spacial score (nSPS) is 29.0. The number of carbonyl (C=O) groups is 2. The summed E-state index contributed by atoms with van der Waals surface area (Å²) in [7, 11) is 7.19. The van der Waals surface area contributed by atoms with Crippen LogP contribution < -0.4 is 0 Å². The van der Waals surface area contributed by atoms with Crippen LogP contribution in [0.4, 0.5) is 9.59 Å². The molecule has 2 aliphatic rings. The third kappa shape index (κ3) is 1.73. The zero-order valence-electron chi connectivity index (χ0n) is 13.5. The molecule has 0 radical (unpaired) electrons. The standard InChI is InChI=1S/C16H22N4O2/c1-17-10-13-11-18(2)15(22)20(4)16(13,19(3)14(17)21)12-8-6-5-7-9-12/h5-9,13H,10-11H2,1-4H3. The van der Waals surface area contributed by atoms with Crippen molar-refractivity contribution in [2.24, 2.45) is 5.92 Å². The van der Waals surface area contributed by atoms with Crippen LogP contribution in [0, 0.1) is 5.92 Å². The Morgan fingerprint density at radius 2 is 1.32 bits per heavy atom. The van der Waals surface area contributed by atoms with E-state index in [1.54, 1.807) is 33.7 Å². The highest BCUT2D eigenvalue weighted by atomic mass is 16.2. The average Bonchev–Trinajstić information content (AvgIpc) is 2.52. The molecule has 0 atom stereocenters. The lowest BCUT2D eigenvalue weighted by Gasteiger charge is -2.60. The average molecular weight is 302 g/mol. The number of carbonyl (C=O) groups excluding carboxylic acids is 2. The van der Waals surface area contributed by atoms with Crippen molar-refractivity contribution in [1.82, 2.24) is 19.6 Å². The molecular weight excluding hydrogens is 280 g/mol. The van der Waals surface area contributed by atoms with E-state index in [1.165, 1.54) is 0 Å². The van der Waals surface area contributed by atoms with E-state index in [1.807, 2.05) is 44.4 Å². The molecule has 2 fully saturated rings. The number of urea groups is 2. The number of fused-ring (bicyclic) bond motifs is 1. The van der Waals surface area contributed by atoms with E-state index in [2.05, 4.69) is 0 Å². The van der Waals surface area contributed by atoms with E-state index in [-0.39, 0.29) is 18.0 Å². The van der Waals surface area contributed by atoms with E-state index in [0.29, 0.717) is 13.1 Å². The second kappa shape index (κ2) is 4.90. The highest BCUT2D eigenvalue weighted by Crippen LogP contribution is 2.44. The van der Waals surface area contributed by atoms with Crippen LogP contribution >= 0.6 is 0 Å². The smallest absolute Gasteiger partial charge is 0.321 e. The molecule has 1 aromatic carbocycles. The van der Waals surface area contributed by atoms with Crippen molar-refractivity contribution in [3.05, 3.63) is 35.9 Å². The predicted octanol–water partition coefficient (Wildman–Crippen LogP) is 1.45. The topological polar surface area (TPSA) is 47.1 Å². The molecule has 0 saturated carbocycles. The molecule has 0 aromatic heterocycles. The minimum Gasteiger partial charge on any atom is -0.327 e. The van der Waals surface area contributed by atoms with Crippen LogP contribution in [0.15, 0.2) is 30.3 Å². The molecule has 1 aromatic rings. The summed E-state index contributed by atoms with van der Waals surface area (Å²) in [5, 5.41) is 0. The molecule has 0 spiro atoms. The van der Waals surface area contributed by atoms with Gasteiger partial charge in [-0.3, -0.25) is 9.80 Å². The van der Waals surface area contributed by atoms with Crippen LogP contribution in [0.2, 0.25) is 0 Å². The summed E-state index contributed by atoms with van der Waals surface area (Å²) in [6.07, 6.45) is 0. The summed E-state index contributed by atoms with van der Waals surface area (Å²) in [5.74, 6) is 0.121. The van der Waals surface area contributed by atoms with Crippen LogP contribution in [0.5, 0.6) is 0 Å². The van der Waals surface area contributed by atoms with Gasteiger partial charge in [0.25, 0.3) is 0 Å². The van der Waals surface area contributed by atoms with Crippen LogP contribution in [0.3, 0.4) is 0 Å². The van der Waals surface area contributed by atoms with Gasteiger partial charge < -0.3 is 9.80 Å². The summed E-state index contributed by atoms with van der Waals surface area (Å²) in [6.45, 7) is 1.25. The molecule has 6 heteroatoms. The van der Waals surface area contributed by atoms with Gasteiger partial charge in [0.1, 0.15) is 0 Å². The minimum absolute atomic E-state index is 0.0655. The van der Waals surface area contributed by atoms with E-state index in [4.69, 9.17) is 0 Å².